The summed E-state index contributed by atoms with van der Waals surface area (Å²) < 4.78 is 5.82. The second-order valence-corrected chi connectivity index (χ2v) is 6.44. The highest BCUT2D eigenvalue weighted by Gasteiger charge is 2.26. The fraction of sp³-hybridized carbons (Fsp3) is 1.00. The molecule has 0 aliphatic carbocycles. The summed E-state index contributed by atoms with van der Waals surface area (Å²) in [6.07, 6.45) is 3.35. The van der Waals surface area contributed by atoms with Crippen molar-refractivity contribution in [2.45, 2.75) is 78.5 Å². The van der Waals surface area contributed by atoms with E-state index >= 15 is 0 Å². The number of rotatable bonds is 10. The van der Waals surface area contributed by atoms with Gasteiger partial charge in [0.2, 0.25) is 0 Å². The van der Waals surface area contributed by atoms with E-state index in [0.29, 0.717) is 6.04 Å². The number of ether oxygens (including phenoxy) is 1. The minimum atomic E-state index is -0.244. The molecule has 0 radical (unpaired) electrons. The molecule has 0 spiro atoms. The van der Waals surface area contributed by atoms with Crippen molar-refractivity contribution in [3.63, 3.8) is 0 Å². The van der Waals surface area contributed by atoms with Crippen molar-refractivity contribution >= 4 is 0 Å². The van der Waals surface area contributed by atoms with Gasteiger partial charge in [-0.3, -0.25) is 0 Å². The Balaban J connectivity index is 3.92. The first-order chi connectivity index (χ1) is 8.29. The topological polar surface area (TPSA) is 41.5 Å². The van der Waals surface area contributed by atoms with E-state index < -0.39 is 0 Å². The Labute approximate surface area is 113 Å². The number of aliphatic hydroxyl groups is 1. The molecule has 0 aromatic carbocycles. The van der Waals surface area contributed by atoms with Crippen LogP contribution < -0.4 is 5.32 Å². The van der Waals surface area contributed by atoms with Crippen molar-refractivity contribution in [3.05, 3.63) is 0 Å². The highest BCUT2D eigenvalue weighted by Crippen LogP contribution is 2.15. The van der Waals surface area contributed by atoms with Crippen LogP contribution in [0, 0.1) is 5.92 Å². The highest BCUT2D eigenvalue weighted by atomic mass is 16.5. The second-order valence-electron chi connectivity index (χ2n) is 6.44. The molecule has 3 heteroatoms. The molecule has 0 fully saturated rings. The summed E-state index contributed by atoms with van der Waals surface area (Å²) in [5.41, 5.74) is -0.244. The third kappa shape index (κ3) is 8.90. The van der Waals surface area contributed by atoms with E-state index in [0.717, 1.165) is 25.4 Å². The zero-order chi connectivity index (χ0) is 14.2. The van der Waals surface area contributed by atoms with E-state index in [9.17, 15) is 5.11 Å². The van der Waals surface area contributed by atoms with Crippen LogP contribution >= 0.6 is 0 Å². The fourth-order valence-corrected chi connectivity index (χ4v) is 2.34. The maximum Gasteiger partial charge on any atom is 0.0611 e. The molecule has 0 heterocycles. The normalized spacial score (nSPS) is 17.2. The third-order valence-electron chi connectivity index (χ3n) is 3.05. The number of hydrogen-bond acceptors (Lipinski definition) is 3. The molecule has 0 saturated carbocycles. The SMILES string of the molecule is CC(C)CCCOC(C)CC(C)(CO)NC(C)C. The van der Waals surface area contributed by atoms with Gasteiger partial charge in [-0.05, 0) is 39.0 Å². The van der Waals surface area contributed by atoms with Crippen LogP contribution in [0.1, 0.15) is 60.8 Å². The molecule has 0 aromatic heterocycles. The van der Waals surface area contributed by atoms with Crippen molar-refractivity contribution in [3.8, 4) is 0 Å². The van der Waals surface area contributed by atoms with Crippen molar-refractivity contribution < 1.29 is 9.84 Å². The quantitative estimate of drug-likeness (QED) is 0.593. The van der Waals surface area contributed by atoms with Gasteiger partial charge in [-0.2, -0.15) is 0 Å². The first kappa shape index (κ1) is 17.9. The Bertz CT molecular complexity index is 207. The predicted octanol–water partition coefficient (Wildman–Crippen LogP) is 2.97. The standard InChI is InChI=1S/C15H33NO2/c1-12(2)8-7-9-18-14(5)10-15(6,11-17)16-13(3)4/h12-14,16-17H,7-11H2,1-6H3. The van der Waals surface area contributed by atoms with Gasteiger partial charge in [0.15, 0.2) is 0 Å². The molecule has 0 amide bonds. The first-order valence-electron chi connectivity index (χ1n) is 7.29. The summed E-state index contributed by atoms with van der Waals surface area (Å²) in [5, 5.41) is 12.9. The Kier molecular flexibility index (Phi) is 8.83. The van der Waals surface area contributed by atoms with Crippen LogP contribution in [-0.4, -0.2) is 36.0 Å². The molecular weight excluding hydrogens is 226 g/mol. The molecule has 0 aromatic rings. The third-order valence-corrected chi connectivity index (χ3v) is 3.05. The largest absolute Gasteiger partial charge is 0.394 e. The lowest BCUT2D eigenvalue weighted by Gasteiger charge is -2.33. The van der Waals surface area contributed by atoms with Crippen LogP contribution in [0.25, 0.3) is 0 Å². The van der Waals surface area contributed by atoms with Gasteiger partial charge >= 0.3 is 0 Å². The Morgan fingerprint density at radius 1 is 1.17 bits per heavy atom. The van der Waals surface area contributed by atoms with Crippen LogP contribution in [-0.2, 0) is 4.74 Å². The van der Waals surface area contributed by atoms with Gasteiger partial charge in [-0.15, -0.1) is 0 Å². The predicted molar refractivity (Wildman–Crippen MR) is 77.9 cm³/mol. The molecule has 3 nitrogen and oxygen atoms in total. The van der Waals surface area contributed by atoms with Gasteiger partial charge in [0.25, 0.3) is 0 Å². The van der Waals surface area contributed by atoms with Gasteiger partial charge in [-0.25, -0.2) is 0 Å². The zero-order valence-corrected chi connectivity index (χ0v) is 13.1. The van der Waals surface area contributed by atoms with Crippen LogP contribution in [0.15, 0.2) is 0 Å². The monoisotopic (exact) mass is 259 g/mol. The molecule has 2 N–H and O–H groups in total. The maximum atomic E-state index is 9.51. The average molecular weight is 259 g/mol. The fourth-order valence-electron chi connectivity index (χ4n) is 2.34. The van der Waals surface area contributed by atoms with Gasteiger partial charge in [0.05, 0.1) is 12.7 Å². The Morgan fingerprint density at radius 3 is 2.22 bits per heavy atom. The molecule has 2 atom stereocenters. The summed E-state index contributed by atoms with van der Waals surface area (Å²) in [6, 6.07) is 0.371. The van der Waals surface area contributed by atoms with Crippen molar-refractivity contribution in [2.24, 2.45) is 5.92 Å². The molecule has 2 unspecified atom stereocenters. The van der Waals surface area contributed by atoms with Gasteiger partial charge in [0.1, 0.15) is 0 Å². The second kappa shape index (κ2) is 8.89. The van der Waals surface area contributed by atoms with Crippen LogP contribution in [0.3, 0.4) is 0 Å². The van der Waals surface area contributed by atoms with E-state index in [1.54, 1.807) is 0 Å². The van der Waals surface area contributed by atoms with E-state index in [1.165, 1.54) is 6.42 Å². The summed E-state index contributed by atoms with van der Waals surface area (Å²) in [7, 11) is 0. The summed E-state index contributed by atoms with van der Waals surface area (Å²) >= 11 is 0. The maximum absolute atomic E-state index is 9.51. The number of nitrogens with one attached hydrogen (secondary N) is 1. The number of hydrogen-bond donors (Lipinski definition) is 2. The lowest BCUT2D eigenvalue weighted by Crippen LogP contribution is -2.51. The molecule has 0 rings (SSSR count). The summed E-state index contributed by atoms with van der Waals surface area (Å²) in [4.78, 5) is 0. The molecule has 0 saturated heterocycles. The van der Waals surface area contributed by atoms with E-state index in [1.807, 2.05) is 0 Å². The Hall–Kier alpha value is -0.120. The van der Waals surface area contributed by atoms with Gasteiger partial charge in [-0.1, -0.05) is 27.7 Å². The smallest absolute Gasteiger partial charge is 0.0611 e. The van der Waals surface area contributed by atoms with Crippen LogP contribution in [0.5, 0.6) is 0 Å². The average Bonchev–Trinajstić information content (AvgIpc) is 2.23. The molecule has 0 bridgehead atoms. The lowest BCUT2D eigenvalue weighted by molar-refractivity contribution is 0.0236. The van der Waals surface area contributed by atoms with E-state index in [-0.39, 0.29) is 18.2 Å². The highest BCUT2D eigenvalue weighted by molar-refractivity contribution is 4.85. The lowest BCUT2D eigenvalue weighted by atomic mass is 9.94. The first-order valence-corrected chi connectivity index (χ1v) is 7.29. The zero-order valence-electron chi connectivity index (χ0n) is 13.1. The minimum absolute atomic E-state index is 0.144. The molecule has 110 valence electrons. The van der Waals surface area contributed by atoms with Crippen LogP contribution in [0.4, 0.5) is 0 Å². The molecule has 18 heavy (non-hydrogen) atoms. The van der Waals surface area contributed by atoms with E-state index in [4.69, 9.17) is 4.74 Å². The van der Waals surface area contributed by atoms with Crippen molar-refractivity contribution in [1.82, 2.24) is 5.32 Å². The van der Waals surface area contributed by atoms with E-state index in [2.05, 4.69) is 46.9 Å². The minimum Gasteiger partial charge on any atom is -0.394 e. The molecule has 0 aliphatic heterocycles. The molecule has 0 aliphatic rings. The van der Waals surface area contributed by atoms with Gasteiger partial charge in [0, 0.05) is 18.2 Å². The number of aliphatic hydroxyl groups excluding tert-OH is 1. The Morgan fingerprint density at radius 2 is 1.78 bits per heavy atom. The van der Waals surface area contributed by atoms with Crippen molar-refractivity contribution in [2.75, 3.05) is 13.2 Å². The molecular formula is C15H33NO2. The van der Waals surface area contributed by atoms with Crippen LogP contribution in [0.2, 0.25) is 0 Å². The van der Waals surface area contributed by atoms with Crippen molar-refractivity contribution in [1.29, 1.82) is 0 Å². The summed E-state index contributed by atoms with van der Waals surface area (Å²) in [5.74, 6) is 0.745. The van der Waals surface area contributed by atoms with Gasteiger partial charge < -0.3 is 15.2 Å². The summed E-state index contributed by atoms with van der Waals surface area (Å²) in [6.45, 7) is 13.8.